The Bertz CT molecular complexity index is 469. The Labute approximate surface area is 114 Å². The summed E-state index contributed by atoms with van der Waals surface area (Å²) in [6.07, 6.45) is 0. The number of benzene rings is 2. The molecule has 19 heavy (non-hydrogen) atoms. The van der Waals surface area contributed by atoms with Crippen LogP contribution in [0, 0.1) is 0 Å². The Morgan fingerprint density at radius 3 is 1.16 bits per heavy atom. The van der Waals surface area contributed by atoms with E-state index in [0.717, 1.165) is 10.6 Å². The van der Waals surface area contributed by atoms with Crippen LogP contribution in [0.3, 0.4) is 0 Å². The average Bonchev–Trinajstić information content (AvgIpc) is 2.53. The van der Waals surface area contributed by atoms with Crippen LogP contribution >= 0.6 is 7.28 Å². The Balaban J connectivity index is 2.77. The summed E-state index contributed by atoms with van der Waals surface area (Å²) in [7, 11) is 1.38. The van der Waals surface area contributed by atoms with E-state index in [4.69, 9.17) is 13.6 Å². The first kappa shape index (κ1) is 14.2. The monoisotopic (exact) mass is 278 g/mol. The van der Waals surface area contributed by atoms with Crippen molar-refractivity contribution in [2.24, 2.45) is 0 Å². The average molecular weight is 278 g/mol. The standard InChI is InChI=1S/C15H19O3P/c1-16-19(17-2,18-3,14-10-6-4-7-11-14)15-12-8-5-9-13-15/h4-13H,1-3H3. The van der Waals surface area contributed by atoms with Gasteiger partial charge < -0.3 is 0 Å². The van der Waals surface area contributed by atoms with Gasteiger partial charge in [0.25, 0.3) is 0 Å². The van der Waals surface area contributed by atoms with Gasteiger partial charge in [0, 0.05) is 0 Å². The van der Waals surface area contributed by atoms with Crippen LogP contribution in [0.1, 0.15) is 0 Å². The maximum atomic E-state index is 5.88. The number of hydrogen-bond acceptors (Lipinski definition) is 3. The first-order valence-electron chi connectivity index (χ1n) is 6.04. The first-order chi connectivity index (χ1) is 9.22. The van der Waals surface area contributed by atoms with Crippen LogP contribution < -0.4 is 10.6 Å². The molecule has 102 valence electrons. The van der Waals surface area contributed by atoms with Crippen LogP contribution in [-0.4, -0.2) is 21.3 Å². The van der Waals surface area contributed by atoms with Crippen molar-refractivity contribution < 1.29 is 13.6 Å². The third kappa shape index (κ3) is 1.99. The van der Waals surface area contributed by atoms with E-state index in [1.165, 1.54) is 0 Å². The quantitative estimate of drug-likeness (QED) is 0.787. The molecule has 0 saturated heterocycles. The predicted molar refractivity (Wildman–Crippen MR) is 80.1 cm³/mol. The Hall–Kier alpha value is -1.25. The molecule has 0 amide bonds. The van der Waals surface area contributed by atoms with Gasteiger partial charge in [0.1, 0.15) is 0 Å². The van der Waals surface area contributed by atoms with Crippen LogP contribution in [0.5, 0.6) is 0 Å². The molecule has 0 aliphatic heterocycles. The molecule has 0 spiro atoms. The van der Waals surface area contributed by atoms with Crippen molar-refractivity contribution in [2.45, 2.75) is 0 Å². The number of hydrogen-bond donors (Lipinski definition) is 0. The van der Waals surface area contributed by atoms with E-state index in [9.17, 15) is 0 Å². The molecule has 0 fully saturated rings. The maximum absolute atomic E-state index is 5.88. The van der Waals surface area contributed by atoms with Gasteiger partial charge in [-0.3, -0.25) is 0 Å². The van der Waals surface area contributed by atoms with Gasteiger partial charge in [0.2, 0.25) is 0 Å². The summed E-state index contributed by atoms with van der Waals surface area (Å²) in [6, 6.07) is 19.6. The molecule has 0 radical (unpaired) electrons. The van der Waals surface area contributed by atoms with Crippen LogP contribution in [0.2, 0.25) is 0 Å². The molecule has 0 aliphatic rings. The van der Waals surface area contributed by atoms with E-state index in [1.807, 2.05) is 60.7 Å². The van der Waals surface area contributed by atoms with Crippen molar-refractivity contribution in [3.8, 4) is 0 Å². The van der Waals surface area contributed by atoms with Crippen LogP contribution in [0.4, 0.5) is 0 Å². The third-order valence-corrected chi connectivity index (χ3v) is 7.77. The summed E-state index contributed by atoms with van der Waals surface area (Å²) in [5, 5.41) is 1.82. The molecule has 2 aromatic rings. The van der Waals surface area contributed by atoms with Gasteiger partial charge in [0.15, 0.2) is 0 Å². The minimum atomic E-state index is -3.51. The molecular formula is C15H19O3P. The molecule has 0 N–H and O–H groups in total. The van der Waals surface area contributed by atoms with Crippen molar-refractivity contribution in [3.05, 3.63) is 60.7 Å². The summed E-state index contributed by atoms with van der Waals surface area (Å²) < 4.78 is 17.6. The molecule has 0 unspecified atom stereocenters. The van der Waals surface area contributed by atoms with Gasteiger partial charge in [-0.05, 0) is 0 Å². The normalized spacial score (nSPS) is 13.7. The summed E-state index contributed by atoms with van der Waals surface area (Å²) in [5.41, 5.74) is 0. The fraction of sp³-hybridized carbons (Fsp3) is 0.200. The zero-order valence-electron chi connectivity index (χ0n) is 11.4. The molecule has 2 rings (SSSR count). The van der Waals surface area contributed by atoms with Gasteiger partial charge in [-0.1, -0.05) is 0 Å². The second-order valence-electron chi connectivity index (χ2n) is 4.10. The second kappa shape index (κ2) is 5.40. The summed E-state index contributed by atoms with van der Waals surface area (Å²) >= 11 is 0. The molecular weight excluding hydrogens is 259 g/mol. The molecule has 0 bridgehead atoms. The van der Waals surface area contributed by atoms with Crippen molar-refractivity contribution in [3.63, 3.8) is 0 Å². The van der Waals surface area contributed by atoms with E-state index in [2.05, 4.69) is 0 Å². The SMILES string of the molecule is COP(OC)(OC)(c1ccccc1)c1ccccc1. The van der Waals surface area contributed by atoms with Crippen molar-refractivity contribution in [1.82, 2.24) is 0 Å². The minimum absolute atomic E-state index is 0.909. The van der Waals surface area contributed by atoms with Gasteiger partial charge in [0.05, 0.1) is 0 Å². The van der Waals surface area contributed by atoms with Gasteiger partial charge in [-0.15, -0.1) is 0 Å². The summed E-state index contributed by atoms with van der Waals surface area (Å²) in [6.45, 7) is 0. The molecule has 4 heteroatoms. The fourth-order valence-corrected chi connectivity index (χ4v) is 5.76. The van der Waals surface area contributed by atoms with Crippen molar-refractivity contribution in [2.75, 3.05) is 21.3 Å². The zero-order chi connectivity index (χ0) is 13.8. The Morgan fingerprint density at radius 1 is 0.579 bits per heavy atom. The zero-order valence-corrected chi connectivity index (χ0v) is 12.3. The van der Waals surface area contributed by atoms with E-state index in [0.29, 0.717) is 0 Å². The molecule has 0 heterocycles. The van der Waals surface area contributed by atoms with Crippen LogP contribution in [-0.2, 0) is 13.6 Å². The van der Waals surface area contributed by atoms with Crippen LogP contribution in [0.15, 0.2) is 60.7 Å². The Morgan fingerprint density at radius 2 is 0.895 bits per heavy atom. The fourth-order valence-electron chi connectivity index (χ4n) is 2.38. The first-order valence-corrected chi connectivity index (χ1v) is 8.03. The van der Waals surface area contributed by atoms with Gasteiger partial charge >= 0.3 is 113 Å². The molecule has 2 aromatic carbocycles. The molecule has 0 aromatic heterocycles. The second-order valence-corrected chi connectivity index (χ2v) is 8.00. The third-order valence-electron chi connectivity index (χ3n) is 3.40. The summed E-state index contributed by atoms with van der Waals surface area (Å²) in [5.74, 6) is 0. The molecule has 0 aliphatic carbocycles. The topological polar surface area (TPSA) is 27.7 Å². The van der Waals surface area contributed by atoms with Gasteiger partial charge in [-0.25, -0.2) is 0 Å². The molecule has 0 saturated carbocycles. The van der Waals surface area contributed by atoms with Gasteiger partial charge in [-0.2, -0.15) is 0 Å². The predicted octanol–water partition coefficient (Wildman–Crippen LogP) is 2.87. The Kier molecular flexibility index (Phi) is 4.02. The van der Waals surface area contributed by atoms with Crippen LogP contribution in [0.25, 0.3) is 0 Å². The summed E-state index contributed by atoms with van der Waals surface area (Å²) in [4.78, 5) is 0. The van der Waals surface area contributed by atoms with E-state index in [-0.39, 0.29) is 0 Å². The van der Waals surface area contributed by atoms with E-state index >= 15 is 0 Å². The van der Waals surface area contributed by atoms with Crippen molar-refractivity contribution in [1.29, 1.82) is 0 Å². The molecule has 0 atom stereocenters. The van der Waals surface area contributed by atoms with Crippen molar-refractivity contribution >= 4 is 17.9 Å². The molecule has 3 nitrogen and oxygen atoms in total. The van der Waals surface area contributed by atoms with E-state index in [1.54, 1.807) is 21.3 Å². The number of rotatable bonds is 5. The van der Waals surface area contributed by atoms with E-state index < -0.39 is 7.28 Å².